The molecule has 0 spiro atoms. The third-order valence-electron chi connectivity index (χ3n) is 2.65. The number of nitrogens with zero attached hydrogens (tertiary/aromatic N) is 2. The van der Waals surface area contributed by atoms with Crippen LogP contribution in [0.1, 0.15) is 24.2 Å². The number of aromatic nitrogens is 2. The summed E-state index contributed by atoms with van der Waals surface area (Å²) < 4.78 is 12.5. The number of aryl methyl sites for hydroxylation is 1. The molecule has 0 aliphatic heterocycles. The Morgan fingerprint density at radius 3 is 2.55 bits per heavy atom. The summed E-state index contributed by atoms with van der Waals surface area (Å²) in [5.74, 6) is 1.86. The summed E-state index contributed by atoms with van der Waals surface area (Å²) in [4.78, 5) is 4.20. The summed E-state index contributed by atoms with van der Waals surface area (Å²) in [6.07, 6.45) is 1.54. The number of hydrogen-bond donors (Lipinski definition) is 1. The van der Waals surface area contributed by atoms with Crippen molar-refractivity contribution in [1.29, 1.82) is 0 Å². The number of halogens is 2. The van der Waals surface area contributed by atoms with Crippen LogP contribution in [0.4, 0.5) is 0 Å². The SMILES string of the molecule is CCc1nc(COc2c(Br)cc(CCN)cc2Br)no1. The average Bonchev–Trinajstić information content (AvgIpc) is 2.86. The van der Waals surface area contributed by atoms with Gasteiger partial charge in [-0.2, -0.15) is 4.98 Å². The van der Waals surface area contributed by atoms with Crippen molar-refractivity contribution in [2.24, 2.45) is 5.73 Å². The third kappa shape index (κ3) is 3.80. The van der Waals surface area contributed by atoms with Crippen LogP contribution in [0, 0.1) is 0 Å². The van der Waals surface area contributed by atoms with Gasteiger partial charge in [-0.05, 0) is 62.5 Å². The van der Waals surface area contributed by atoms with E-state index in [1.54, 1.807) is 0 Å². The molecule has 2 aromatic rings. The fourth-order valence-corrected chi connectivity index (χ4v) is 3.20. The fraction of sp³-hybridized carbons (Fsp3) is 0.385. The smallest absolute Gasteiger partial charge is 0.226 e. The van der Waals surface area contributed by atoms with E-state index < -0.39 is 0 Å². The first kappa shape index (κ1) is 15.5. The van der Waals surface area contributed by atoms with Crippen molar-refractivity contribution in [2.75, 3.05) is 6.54 Å². The van der Waals surface area contributed by atoms with E-state index in [2.05, 4.69) is 42.0 Å². The quantitative estimate of drug-likeness (QED) is 0.799. The highest BCUT2D eigenvalue weighted by Crippen LogP contribution is 2.35. The lowest BCUT2D eigenvalue weighted by atomic mass is 10.1. The van der Waals surface area contributed by atoms with Crippen LogP contribution >= 0.6 is 31.9 Å². The van der Waals surface area contributed by atoms with Crippen LogP contribution in [0.3, 0.4) is 0 Å². The molecule has 0 saturated heterocycles. The van der Waals surface area contributed by atoms with E-state index in [-0.39, 0.29) is 6.61 Å². The van der Waals surface area contributed by atoms with Gasteiger partial charge in [0, 0.05) is 6.42 Å². The zero-order chi connectivity index (χ0) is 14.5. The molecule has 20 heavy (non-hydrogen) atoms. The highest BCUT2D eigenvalue weighted by atomic mass is 79.9. The van der Waals surface area contributed by atoms with Crippen molar-refractivity contribution in [3.63, 3.8) is 0 Å². The maximum Gasteiger partial charge on any atom is 0.226 e. The molecule has 1 heterocycles. The molecule has 108 valence electrons. The van der Waals surface area contributed by atoms with E-state index in [0.717, 1.165) is 20.9 Å². The van der Waals surface area contributed by atoms with Crippen LogP contribution in [-0.2, 0) is 19.4 Å². The molecule has 1 aromatic carbocycles. The van der Waals surface area contributed by atoms with Crippen LogP contribution in [0.25, 0.3) is 0 Å². The second-order valence-electron chi connectivity index (χ2n) is 4.17. The van der Waals surface area contributed by atoms with Gasteiger partial charge in [-0.1, -0.05) is 12.1 Å². The van der Waals surface area contributed by atoms with Gasteiger partial charge < -0.3 is 15.0 Å². The molecule has 0 atom stereocenters. The van der Waals surface area contributed by atoms with Crippen LogP contribution in [0.5, 0.6) is 5.75 Å². The van der Waals surface area contributed by atoms with Crippen molar-refractivity contribution in [2.45, 2.75) is 26.4 Å². The molecule has 2 N–H and O–H groups in total. The largest absolute Gasteiger partial charge is 0.483 e. The molecule has 0 amide bonds. The number of rotatable bonds is 6. The van der Waals surface area contributed by atoms with Gasteiger partial charge in [0.1, 0.15) is 5.75 Å². The summed E-state index contributed by atoms with van der Waals surface area (Å²) in [5.41, 5.74) is 6.70. The van der Waals surface area contributed by atoms with Gasteiger partial charge in [-0.15, -0.1) is 0 Å². The first-order chi connectivity index (χ1) is 9.63. The Hall–Kier alpha value is -0.920. The zero-order valence-electron chi connectivity index (χ0n) is 11.0. The Morgan fingerprint density at radius 1 is 1.30 bits per heavy atom. The Balaban J connectivity index is 2.09. The van der Waals surface area contributed by atoms with Crippen molar-refractivity contribution in [1.82, 2.24) is 10.1 Å². The topological polar surface area (TPSA) is 74.2 Å². The maximum absolute atomic E-state index is 5.73. The minimum atomic E-state index is 0.261. The van der Waals surface area contributed by atoms with Crippen molar-refractivity contribution in [3.05, 3.63) is 38.4 Å². The lowest BCUT2D eigenvalue weighted by Gasteiger charge is -2.10. The Kier molecular flexibility index (Phi) is 5.56. The first-order valence-corrected chi connectivity index (χ1v) is 7.84. The van der Waals surface area contributed by atoms with Crippen LogP contribution in [0.15, 0.2) is 25.6 Å². The molecule has 7 heteroatoms. The van der Waals surface area contributed by atoms with E-state index in [4.69, 9.17) is 15.0 Å². The lowest BCUT2D eigenvalue weighted by molar-refractivity contribution is 0.282. The lowest BCUT2D eigenvalue weighted by Crippen LogP contribution is -2.04. The number of benzene rings is 1. The highest BCUT2D eigenvalue weighted by molar-refractivity contribution is 9.11. The molecule has 0 radical (unpaired) electrons. The predicted octanol–water partition coefficient (Wildman–Crippen LogP) is 3.24. The van der Waals surface area contributed by atoms with Crippen LogP contribution in [-0.4, -0.2) is 16.7 Å². The Morgan fingerprint density at radius 2 is 2.00 bits per heavy atom. The Bertz CT molecular complexity index is 564. The van der Waals surface area contributed by atoms with Crippen LogP contribution < -0.4 is 10.5 Å². The first-order valence-electron chi connectivity index (χ1n) is 6.26. The standard InChI is InChI=1S/C13H15Br2N3O2/c1-2-12-17-11(18-20-12)7-19-13-9(14)5-8(3-4-16)6-10(13)15/h5-6H,2-4,7,16H2,1H3. The molecule has 0 aliphatic carbocycles. The van der Waals surface area contributed by atoms with Gasteiger partial charge >= 0.3 is 0 Å². The molecule has 5 nitrogen and oxygen atoms in total. The minimum absolute atomic E-state index is 0.261. The van der Waals surface area contributed by atoms with Gasteiger partial charge in [-0.3, -0.25) is 0 Å². The van der Waals surface area contributed by atoms with Gasteiger partial charge in [0.2, 0.25) is 11.7 Å². The van der Waals surface area contributed by atoms with Gasteiger partial charge in [0.15, 0.2) is 6.61 Å². The number of nitrogens with two attached hydrogens (primary N) is 1. The summed E-state index contributed by atoms with van der Waals surface area (Å²) >= 11 is 7.00. The normalized spacial score (nSPS) is 10.8. The summed E-state index contributed by atoms with van der Waals surface area (Å²) in [6.45, 7) is 2.83. The third-order valence-corrected chi connectivity index (χ3v) is 3.83. The van der Waals surface area contributed by atoms with Gasteiger partial charge in [0.05, 0.1) is 8.95 Å². The second kappa shape index (κ2) is 7.19. The van der Waals surface area contributed by atoms with Crippen molar-refractivity contribution < 1.29 is 9.26 Å². The molecule has 2 rings (SSSR count). The second-order valence-corrected chi connectivity index (χ2v) is 5.88. The molecule has 1 aromatic heterocycles. The Labute approximate surface area is 134 Å². The summed E-state index contributed by atoms with van der Waals surface area (Å²) in [7, 11) is 0. The fourth-order valence-electron chi connectivity index (χ4n) is 1.69. The summed E-state index contributed by atoms with van der Waals surface area (Å²) in [5, 5.41) is 3.85. The van der Waals surface area contributed by atoms with E-state index in [0.29, 0.717) is 30.4 Å². The maximum atomic E-state index is 5.73. The van der Waals surface area contributed by atoms with E-state index in [9.17, 15) is 0 Å². The molecular formula is C13H15Br2N3O2. The summed E-state index contributed by atoms with van der Waals surface area (Å²) in [6, 6.07) is 4.00. The molecule has 0 saturated carbocycles. The number of ether oxygens (including phenoxy) is 1. The van der Waals surface area contributed by atoms with Crippen molar-refractivity contribution in [3.8, 4) is 5.75 Å². The predicted molar refractivity (Wildman–Crippen MR) is 82.6 cm³/mol. The molecule has 0 aliphatic rings. The van der Waals surface area contributed by atoms with E-state index >= 15 is 0 Å². The minimum Gasteiger partial charge on any atom is -0.483 e. The van der Waals surface area contributed by atoms with E-state index in [1.807, 2.05) is 19.1 Å². The van der Waals surface area contributed by atoms with Crippen LogP contribution in [0.2, 0.25) is 0 Å². The van der Waals surface area contributed by atoms with Crippen molar-refractivity contribution >= 4 is 31.9 Å². The molecular weight excluding hydrogens is 390 g/mol. The molecule has 0 fully saturated rings. The zero-order valence-corrected chi connectivity index (χ0v) is 14.2. The number of hydrogen-bond acceptors (Lipinski definition) is 5. The molecule has 0 unspecified atom stereocenters. The molecule has 0 bridgehead atoms. The average molecular weight is 405 g/mol. The van der Waals surface area contributed by atoms with Gasteiger partial charge in [-0.25, -0.2) is 0 Å². The van der Waals surface area contributed by atoms with E-state index in [1.165, 1.54) is 0 Å². The monoisotopic (exact) mass is 403 g/mol. The van der Waals surface area contributed by atoms with Gasteiger partial charge in [0.25, 0.3) is 0 Å². The highest BCUT2D eigenvalue weighted by Gasteiger charge is 2.11.